The maximum Gasteiger partial charge on any atom is 0.243 e. The van der Waals surface area contributed by atoms with Crippen molar-refractivity contribution >= 4 is 16.7 Å². The normalized spacial score (nSPS) is 17.2. The van der Waals surface area contributed by atoms with E-state index in [0.29, 0.717) is 18.0 Å². The van der Waals surface area contributed by atoms with Crippen molar-refractivity contribution < 1.29 is 9.47 Å². The van der Waals surface area contributed by atoms with E-state index in [1.807, 2.05) is 20.2 Å². The quantitative estimate of drug-likeness (QED) is 0.719. The Morgan fingerprint density at radius 3 is 2.65 bits per heavy atom. The third-order valence-corrected chi connectivity index (χ3v) is 4.50. The highest BCUT2D eigenvalue weighted by Gasteiger charge is 2.19. The number of rotatable bonds is 4. The summed E-state index contributed by atoms with van der Waals surface area (Å²) in [5.74, 6) is 0.526. The first-order valence-corrected chi connectivity index (χ1v) is 8.84. The topological polar surface area (TPSA) is 60.4 Å². The van der Waals surface area contributed by atoms with E-state index >= 15 is 0 Å². The molecule has 4 rings (SSSR count). The molecule has 0 radical (unpaired) electrons. The highest BCUT2D eigenvalue weighted by molar-refractivity contribution is 5.83. The third-order valence-electron chi connectivity index (χ3n) is 4.50. The number of ether oxygens (including phenoxy) is 2. The highest BCUT2D eigenvalue weighted by Crippen LogP contribution is 2.29. The van der Waals surface area contributed by atoms with E-state index in [1.54, 1.807) is 12.4 Å². The predicted molar refractivity (Wildman–Crippen MR) is 102 cm³/mol. The molecule has 1 aliphatic heterocycles. The number of pyridine rings is 1. The summed E-state index contributed by atoms with van der Waals surface area (Å²) >= 11 is 0. The number of hydrogen-bond acceptors (Lipinski definition) is 6. The number of anilines is 1. The first kappa shape index (κ1) is 16.7. The summed E-state index contributed by atoms with van der Waals surface area (Å²) in [7, 11) is 4.05. The van der Waals surface area contributed by atoms with Crippen LogP contribution in [0.1, 0.15) is 12.8 Å². The lowest BCUT2D eigenvalue weighted by Crippen LogP contribution is -2.28. The molecule has 0 bridgehead atoms. The standard InChI is InChI=1S/C20H22N4O2/c1-24(2)15-7-5-14(6-8-15)17-12-18-19(22-10-9-21-18)20(23-17)26-16-4-3-11-25-13-16/h5-10,12,16H,3-4,11,13H2,1-2H3. The van der Waals surface area contributed by atoms with Gasteiger partial charge >= 0.3 is 0 Å². The lowest BCUT2D eigenvalue weighted by molar-refractivity contribution is 0.00618. The molecule has 0 spiro atoms. The predicted octanol–water partition coefficient (Wildman–Crippen LogP) is 3.32. The van der Waals surface area contributed by atoms with Crippen LogP contribution >= 0.6 is 0 Å². The Bertz CT molecular complexity index is 890. The molecule has 6 heteroatoms. The van der Waals surface area contributed by atoms with Gasteiger partial charge in [-0.15, -0.1) is 0 Å². The van der Waals surface area contributed by atoms with Crippen molar-refractivity contribution in [2.45, 2.75) is 18.9 Å². The lowest BCUT2D eigenvalue weighted by atomic mass is 10.1. The fourth-order valence-corrected chi connectivity index (χ4v) is 3.07. The summed E-state index contributed by atoms with van der Waals surface area (Å²) in [6, 6.07) is 10.2. The summed E-state index contributed by atoms with van der Waals surface area (Å²) in [6.45, 7) is 1.39. The second-order valence-electron chi connectivity index (χ2n) is 6.64. The Morgan fingerprint density at radius 1 is 1.12 bits per heavy atom. The van der Waals surface area contributed by atoms with E-state index in [1.165, 1.54) is 0 Å². The minimum Gasteiger partial charge on any atom is -0.470 e. The van der Waals surface area contributed by atoms with Crippen LogP contribution in [-0.2, 0) is 4.74 Å². The molecule has 0 saturated carbocycles. The van der Waals surface area contributed by atoms with Crippen LogP contribution < -0.4 is 9.64 Å². The molecule has 1 aromatic carbocycles. The Morgan fingerprint density at radius 2 is 1.92 bits per heavy atom. The summed E-state index contributed by atoms with van der Waals surface area (Å²) < 4.78 is 11.7. The molecule has 0 amide bonds. The second kappa shape index (κ2) is 7.25. The summed E-state index contributed by atoms with van der Waals surface area (Å²) in [6.07, 6.45) is 5.33. The Hall–Kier alpha value is -2.73. The van der Waals surface area contributed by atoms with Gasteiger partial charge in [-0.3, -0.25) is 4.98 Å². The van der Waals surface area contributed by atoms with Crippen molar-refractivity contribution in [1.29, 1.82) is 0 Å². The van der Waals surface area contributed by atoms with Crippen molar-refractivity contribution in [3.05, 3.63) is 42.7 Å². The maximum atomic E-state index is 6.15. The molecule has 26 heavy (non-hydrogen) atoms. The van der Waals surface area contributed by atoms with Crippen LogP contribution in [0.3, 0.4) is 0 Å². The van der Waals surface area contributed by atoms with E-state index < -0.39 is 0 Å². The van der Waals surface area contributed by atoms with Crippen LogP contribution in [0.2, 0.25) is 0 Å². The molecule has 3 aromatic rings. The van der Waals surface area contributed by atoms with Crippen LogP contribution in [0.15, 0.2) is 42.7 Å². The first-order valence-electron chi connectivity index (χ1n) is 8.84. The molecule has 2 aromatic heterocycles. The Kier molecular flexibility index (Phi) is 4.67. The van der Waals surface area contributed by atoms with Gasteiger partial charge < -0.3 is 14.4 Å². The molecule has 134 valence electrons. The van der Waals surface area contributed by atoms with E-state index in [0.717, 1.165) is 41.9 Å². The molecule has 0 aliphatic carbocycles. The second-order valence-corrected chi connectivity index (χ2v) is 6.64. The lowest BCUT2D eigenvalue weighted by Gasteiger charge is -2.23. The molecule has 3 heterocycles. The van der Waals surface area contributed by atoms with Gasteiger partial charge in [-0.05, 0) is 31.0 Å². The minimum absolute atomic E-state index is 0.00724. The maximum absolute atomic E-state index is 6.15. The Labute approximate surface area is 152 Å². The molecular weight excluding hydrogens is 328 g/mol. The zero-order valence-corrected chi connectivity index (χ0v) is 15.1. The SMILES string of the molecule is CN(C)c1ccc(-c2cc3nccnc3c(OC3CCCOC3)n2)cc1. The van der Waals surface area contributed by atoms with Crippen LogP contribution in [-0.4, -0.2) is 48.4 Å². The van der Waals surface area contributed by atoms with Crippen LogP contribution in [0, 0.1) is 0 Å². The molecule has 1 atom stereocenters. The van der Waals surface area contributed by atoms with Gasteiger partial charge in [-0.2, -0.15) is 0 Å². The highest BCUT2D eigenvalue weighted by atomic mass is 16.5. The average molecular weight is 350 g/mol. The van der Waals surface area contributed by atoms with Crippen LogP contribution in [0.4, 0.5) is 5.69 Å². The van der Waals surface area contributed by atoms with Gasteiger partial charge in [0.25, 0.3) is 0 Å². The van der Waals surface area contributed by atoms with E-state index in [4.69, 9.17) is 14.5 Å². The van der Waals surface area contributed by atoms with Crippen molar-refractivity contribution in [3.63, 3.8) is 0 Å². The summed E-state index contributed by atoms with van der Waals surface area (Å²) in [5, 5.41) is 0. The molecule has 1 saturated heterocycles. The van der Waals surface area contributed by atoms with Gasteiger partial charge in [0.05, 0.1) is 17.8 Å². The molecule has 1 unspecified atom stereocenters. The Balaban J connectivity index is 1.73. The number of aromatic nitrogens is 3. The zero-order chi connectivity index (χ0) is 17.9. The molecule has 1 aliphatic rings. The minimum atomic E-state index is 0.00724. The van der Waals surface area contributed by atoms with Gasteiger partial charge in [0.1, 0.15) is 6.10 Å². The largest absolute Gasteiger partial charge is 0.470 e. The van der Waals surface area contributed by atoms with Crippen molar-refractivity contribution in [3.8, 4) is 17.1 Å². The van der Waals surface area contributed by atoms with Crippen molar-refractivity contribution in [1.82, 2.24) is 15.0 Å². The van der Waals surface area contributed by atoms with Crippen LogP contribution in [0.25, 0.3) is 22.3 Å². The number of hydrogen-bond donors (Lipinski definition) is 0. The number of fused-ring (bicyclic) bond motifs is 1. The van der Waals surface area contributed by atoms with Crippen molar-refractivity contribution in [2.24, 2.45) is 0 Å². The van der Waals surface area contributed by atoms with Crippen LogP contribution in [0.5, 0.6) is 5.88 Å². The third kappa shape index (κ3) is 3.46. The molecular formula is C20H22N4O2. The fourth-order valence-electron chi connectivity index (χ4n) is 3.07. The number of benzene rings is 1. The van der Waals surface area contributed by atoms with E-state index in [-0.39, 0.29) is 6.10 Å². The van der Waals surface area contributed by atoms with Gasteiger partial charge in [0.15, 0.2) is 5.52 Å². The first-order chi connectivity index (χ1) is 12.7. The molecule has 1 fully saturated rings. The van der Waals surface area contributed by atoms with E-state index in [2.05, 4.69) is 39.1 Å². The van der Waals surface area contributed by atoms with Gasteiger partial charge in [0, 0.05) is 44.3 Å². The summed E-state index contributed by atoms with van der Waals surface area (Å²) in [4.78, 5) is 15.7. The van der Waals surface area contributed by atoms with Gasteiger partial charge in [-0.1, -0.05) is 12.1 Å². The van der Waals surface area contributed by atoms with E-state index in [9.17, 15) is 0 Å². The molecule has 0 N–H and O–H groups in total. The average Bonchev–Trinajstić information content (AvgIpc) is 2.69. The monoisotopic (exact) mass is 350 g/mol. The number of nitrogens with zero attached hydrogens (tertiary/aromatic N) is 4. The zero-order valence-electron chi connectivity index (χ0n) is 15.1. The van der Waals surface area contributed by atoms with Gasteiger partial charge in [-0.25, -0.2) is 9.97 Å². The summed E-state index contributed by atoms with van der Waals surface area (Å²) in [5.41, 5.74) is 4.46. The van der Waals surface area contributed by atoms with Crippen molar-refractivity contribution in [2.75, 3.05) is 32.2 Å². The molecule has 6 nitrogen and oxygen atoms in total. The fraction of sp³-hybridized carbons (Fsp3) is 0.350. The smallest absolute Gasteiger partial charge is 0.243 e. The van der Waals surface area contributed by atoms with Gasteiger partial charge in [0.2, 0.25) is 5.88 Å².